The van der Waals surface area contributed by atoms with E-state index in [0.717, 1.165) is 12.3 Å². The third-order valence-electron chi connectivity index (χ3n) is 2.45. The SMILES string of the molecule is OCCc1ccccc1C1CC1. The summed E-state index contributed by atoms with van der Waals surface area (Å²) < 4.78 is 0. The molecule has 0 spiro atoms. The second kappa shape index (κ2) is 3.28. The molecule has 0 bridgehead atoms. The second-order valence-electron chi connectivity index (χ2n) is 3.45. The van der Waals surface area contributed by atoms with Crippen LogP contribution in [0, 0.1) is 0 Å². The van der Waals surface area contributed by atoms with Crippen molar-refractivity contribution in [3.63, 3.8) is 0 Å². The smallest absolute Gasteiger partial charge is 0.0471 e. The lowest BCUT2D eigenvalue weighted by Crippen LogP contribution is -1.95. The van der Waals surface area contributed by atoms with Crippen LogP contribution in [0.3, 0.4) is 0 Å². The molecule has 0 atom stereocenters. The maximum Gasteiger partial charge on any atom is 0.0471 e. The van der Waals surface area contributed by atoms with Gasteiger partial charge in [-0.3, -0.25) is 0 Å². The molecule has 0 heterocycles. The first-order chi connectivity index (χ1) is 5.92. The monoisotopic (exact) mass is 162 g/mol. The van der Waals surface area contributed by atoms with Crippen molar-refractivity contribution in [2.24, 2.45) is 0 Å². The van der Waals surface area contributed by atoms with Crippen LogP contribution in [-0.4, -0.2) is 11.7 Å². The minimum atomic E-state index is 0.268. The topological polar surface area (TPSA) is 20.2 Å². The molecule has 1 aromatic carbocycles. The fourth-order valence-electron chi connectivity index (χ4n) is 1.67. The van der Waals surface area contributed by atoms with Crippen LogP contribution in [0.1, 0.15) is 29.9 Å². The Balaban J connectivity index is 2.24. The van der Waals surface area contributed by atoms with E-state index in [4.69, 9.17) is 5.11 Å². The molecule has 1 heteroatoms. The third kappa shape index (κ3) is 1.51. The standard InChI is InChI=1S/C11H14O/c12-8-7-9-3-1-2-4-11(9)10-5-6-10/h1-4,10,12H,5-8H2. The van der Waals surface area contributed by atoms with Gasteiger partial charge in [0.25, 0.3) is 0 Å². The van der Waals surface area contributed by atoms with Crippen molar-refractivity contribution in [3.05, 3.63) is 35.4 Å². The summed E-state index contributed by atoms with van der Waals surface area (Å²) >= 11 is 0. The molecular weight excluding hydrogens is 148 g/mol. The van der Waals surface area contributed by atoms with Crippen LogP contribution in [-0.2, 0) is 6.42 Å². The van der Waals surface area contributed by atoms with Gasteiger partial charge in [0.2, 0.25) is 0 Å². The van der Waals surface area contributed by atoms with Crippen molar-refractivity contribution < 1.29 is 5.11 Å². The van der Waals surface area contributed by atoms with Gasteiger partial charge in [0.05, 0.1) is 0 Å². The van der Waals surface area contributed by atoms with Crippen molar-refractivity contribution in [1.82, 2.24) is 0 Å². The predicted octanol–water partition coefficient (Wildman–Crippen LogP) is 2.10. The molecule has 1 nitrogen and oxygen atoms in total. The van der Waals surface area contributed by atoms with Crippen molar-refractivity contribution in [2.45, 2.75) is 25.2 Å². The number of benzene rings is 1. The van der Waals surface area contributed by atoms with Crippen LogP contribution in [0.5, 0.6) is 0 Å². The van der Waals surface area contributed by atoms with Crippen molar-refractivity contribution in [3.8, 4) is 0 Å². The molecule has 0 unspecified atom stereocenters. The van der Waals surface area contributed by atoms with Gasteiger partial charge in [-0.1, -0.05) is 24.3 Å². The average Bonchev–Trinajstić information content (AvgIpc) is 2.89. The molecule has 64 valence electrons. The van der Waals surface area contributed by atoms with Gasteiger partial charge in [-0.2, -0.15) is 0 Å². The largest absolute Gasteiger partial charge is 0.396 e. The van der Waals surface area contributed by atoms with E-state index in [9.17, 15) is 0 Å². The van der Waals surface area contributed by atoms with E-state index in [1.807, 2.05) is 0 Å². The summed E-state index contributed by atoms with van der Waals surface area (Å²) in [6.45, 7) is 0.268. The molecule has 12 heavy (non-hydrogen) atoms. The highest BCUT2D eigenvalue weighted by Gasteiger charge is 2.25. The fraction of sp³-hybridized carbons (Fsp3) is 0.455. The number of hydrogen-bond acceptors (Lipinski definition) is 1. The first-order valence-electron chi connectivity index (χ1n) is 4.60. The first-order valence-corrected chi connectivity index (χ1v) is 4.60. The molecule has 0 aromatic heterocycles. The average molecular weight is 162 g/mol. The Hall–Kier alpha value is -0.820. The summed E-state index contributed by atoms with van der Waals surface area (Å²) in [7, 11) is 0. The number of aliphatic hydroxyl groups is 1. The van der Waals surface area contributed by atoms with Gasteiger partial charge in [-0.25, -0.2) is 0 Å². The first kappa shape index (κ1) is 7.81. The van der Waals surface area contributed by atoms with E-state index < -0.39 is 0 Å². The molecule has 2 rings (SSSR count). The lowest BCUT2D eigenvalue weighted by atomic mass is 10.0. The molecule has 1 aromatic rings. The molecule has 0 aliphatic heterocycles. The van der Waals surface area contributed by atoms with Crippen LogP contribution in [0.2, 0.25) is 0 Å². The lowest BCUT2D eigenvalue weighted by molar-refractivity contribution is 0.299. The van der Waals surface area contributed by atoms with Gasteiger partial charge < -0.3 is 5.11 Å². The van der Waals surface area contributed by atoms with Gasteiger partial charge in [0.1, 0.15) is 0 Å². The highest BCUT2D eigenvalue weighted by molar-refractivity contribution is 5.33. The maximum absolute atomic E-state index is 8.85. The molecule has 1 saturated carbocycles. The minimum absolute atomic E-state index is 0.268. The maximum atomic E-state index is 8.85. The summed E-state index contributed by atoms with van der Waals surface area (Å²) in [6.07, 6.45) is 3.48. The van der Waals surface area contributed by atoms with Crippen LogP contribution >= 0.6 is 0 Å². The summed E-state index contributed by atoms with van der Waals surface area (Å²) in [4.78, 5) is 0. The van der Waals surface area contributed by atoms with Gasteiger partial charge in [0, 0.05) is 6.61 Å². The third-order valence-corrected chi connectivity index (χ3v) is 2.45. The van der Waals surface area contributed by atoms with Crippen LogP contribution in [0.25, 0.3) is 0 Å². The fourth-order valence-corrected chi connectivity index (χ4v) is 1.67. The normalized spacial score (nSPS) is 16.4. The van der Waals surface area contributed by atoms with Crippen LogP contribution in [0.15, 0.2) is 24.3 Å². The van der Waals surface area contributed by atoms with E-state index in [-0.39, 0.29) is 6.61 Å². The molecule has 1 fully saturated rings. The van der Waals surface area contributed by atoms with Crippen molar-refractivity contribution >= 4 is 0 Å². The second-order valence-corrected chi connectivity index (χ2v) is 3.45. The van der Waals surface area contributed by atoms with Crippen molar-refractivity contribution in [2.75, 3.05) is 6.61 Å². The Morgan fingerprint density at radius 1 is 1.25 bits per heavy atom. The van der Waals surface area contributed by atoms with E-state index in [2.05, 4.69) is 24.3 Å². The van der Waals surface area contributed by atoms with E-state index in [1.54, 1.807) is 0 Å². The number of hydrogen-bond donors (Lipinski definition) is 1. The van der Waals surface area contributed by atoms with Crippen LogP contribution in [0.4, 0.5) is 0 Å². The van der Waals surface area contributed by atoms with Gasteiger partial charge in [-0.05, 0) is 36.3 Å². The van der Waals surface area contributed by atoms with Gasteiger partial charge in [-0.15, -0.1) is 0 Å². The summed E-state index contributed by atoms with van der Waals surface area (Å²) in [6, 6.07) is 8.47. The van der Waals surface area contributed by atoms with E-state index in [0.29, 0.717) is 0 Å². The molecule has 1 aliphatic carbocycles. The van der Waals surface area contributed by atoms with Crippen molar-refractivity contribution in [1.29, 1.82) is 0 Å². The Kier molecular flexibility index (Phi) is 2.13. The van der Waals surface area contributed by atoms with Gasteiger partial charge >= 0.3 is 0 Å². The zero-order valence-electron chi connectivity index (χ0n) is 7.16. The molecule has 0 saturated heterocycles. The molecular formula is C11H14O. The number of aliphatic hydroxyl groups excluding tert-OH is 1. The highest BCUT2D eigenvalue weighted by atomic mass is 16.2. The number of rotatable bonds is 3. The van der Waals surface area contributed by atoms with Crippen LogP contribution < -0.4 is 0 Å². The molecule has 0 radical (unpaired) electrons. The Morgan fingerprint density at radius 2 is 2.00 bits per heavy atom. The molecule has 1 aliphatic rings. The summed E-state index contributed by atoms with van der Waals surface area (Å²) in [5.41, 5.74) is 2.80. The Morgan fingerprint density at radius 3 is 2.67 bits per heavy atom. The summed E-state index contributed by atoms with van der Waals surface area (Å²) in [5.74, 6) is 0.799. The van der Waals surface area contributed by atoms with Gasteiger partial charge in [0.15, 0.2) is 0 Å². The Labute approximate surface area is 73.0 Å². The molecule has 0 amide bonds. The predicted molar refractivity (Wildman–Crippen MR) is 49.2 cm³/mol. The Bertz CT molecular complexity index is 263. The zero-order chi connectivity index (χ0) is 8.39. The minimum Gasteiger partial charge on any atom is -0.396 e. The quantitative estimate of drug-likeness (QED) is 0.721. The van der Waals surface area contributed by atoms with E-state index in [1.165, 1.54) is 24.0 Å². The highest BCUT2D eigenvalue weighted by Crippen LogP contribution is 2.41. The zero-order valence-corrected chi connectivity index (χ0v) is 7.16. The lowest BCUT2D eigenvalue weighted by Gasteiger charge is -2.05. The summed E-state index contributed by atoms with van der Waals surface area (Å²) in [5, 5.41) is 8.85. The van der Waals surface area contributed by atoms with E-state index >= 15 is 0 Å². The molecule has 1 N–H and O–H groups in total.